The zero-order chi connectivity index (χ0) is 13.5. The topological polar surface area (TPSA) is 32.3 Å². The fraction of sp³-hybridized carbons (Fsp3) is 0.500. The Bertz CT molecular complexity index is 376. The minimum Gasteiger partial charge on any atom is -0.349 e. The second-order valence-electron chi connectivity index (χ2n) is 4.47. The van der Waals surface area contributed by atoms with Crippen LogP contribution in [0.15, 0.2) is 29.2 Å². The predicted molar refractivity (Wildman–Crippen MR) is 78.0 cm³/mol. The second kappa shape index (κ2) is 7.44. The van der Waals surface area contributed by atoms with Crippen LogP contribution in [-0.2, 0) is 4.79 Å². The van der Waals surface area contributed by atoms with Gasteiger partial charge in [-0.1, -0.05) is 12.1 Å². The molecule has 0 saturated heterocycles. The van der Waals surface area contributed by atoms with Crippen molar-refractivity contribution >= 4 is 17.7 Å². The SMILES string of the molecule is CNC(C)c1ccc(SCCC(=O)N(C)C)cc1. The van der Waals surface area contributed by atoms with Gasteiger partial charge in [0.15, 0.2) is 0 Å². The Kier molecular flexibility index (Phi) is 6.22. The molecule has 100 valence electrons. The molecule has 1 unspecified atom stereocenters. The number of rotatable bonds is 6. The molecule has 1 aromatic rings. The molecular weight excluding hydrogens is 244 g/mol. The lowest BCUT2D eigenvalue weighted by molar-refractivity contribution is -0.128. The van der Waals surface area contributed by atoms with Crippen molar-refractivity contribution in [2.24, 2.45) is 0 Å². The van der Waals surface area contributed by atoms with Crippen LogP contribution < -0.4 is 5.32 Å². The summed E-state index contributed by atoms with van der Waals surface area (Å²) in [5, 5.41) is 3.21. The van der Waals surface area contributed by atoms with E-state index in [0.717, 1.165) is 5.75 Å². The largest absolute Gasteiger partial charge is 0.349 e. The van der Waals surface area contributed by atoms with E-state index in [-0.39, 0.29) is 5.91 Å². The first-order chi connectivity index (χ1) is 8.54. The Hall–Kier alpha value is -1.00. The van der Waals surface area contributed by atoms with Crippen molar-refractivity contribution < 1.29 is 4.79 Å². The molecule has 0 aliphatic heterocycles. The molecule has 3 nitrogen and oxygen atoms in total. The Morgan fingerprint density at radius 2 is 1.94 bits per heavy atom. The zero-order valence-corrected chi connectivity index (χ0v) is 12.4. The van der Waals surface area contributed by atoms with Crippen molar-refractivity contribution in [2.75, 3.05) is 26.9 Å². The summed E-state index contributed by atoms with van der Waals surface area (Å²) in [5.41, 5.74) is 1.28. The van der Waals surface area contributed by atoms with Gasteiger partial charge in [0, 0.05) is 37.2 Å². The summed E-state index contributed by atoms with van der Waals surface area (Å²) in [7, 11) is 5.54. The molecule has 0 radical (unpaired) electrons. The van der Waals surface area contributed by atoms with Crippen LogP contribution in [-0.4, -0.2) is 37.7 Å². The van der Waals surface area contributed by atoms with E-state index >= 15 is 0 Å². The highest BCUT2D eigenvalue weighted by molar-refractivity contribution is 7.99. The van der Waals surface area contributed by atoms with Crippen LogP contribution in [0.3, 0.4) is 0 Å². The third-order valence-corrected chi connectivity index (χ3v) is 3.91. The lowest BCUT2D eigenvalue weighted by Gasteiger charge is -2.11. The Balaban J connectivity index is 2.42. The minimum atomic E-state index is 0.183. The molecule has 1 amide bonds. The number of nitrogens with zero attached hydrogens (tertiary/aromatic N) is 1. The van der Waals surface area contributed by atoms with Gasteiger partial charge in [0.05, 0.1) is 0 Å². The van der Waals surface area contributed by atoms with Crippen LogP contribution in [0.2, 0.25) is 0 Å². The van der Waals surface area contributed by atoms with Crippen molar-refractivity contribution in [3.63, 3.8) is 0 Å². The molecular formula is C14H22N2OS. The number of nitrogens with one attached hydrogen (secondary N) is 1. The lowest BCUT2D eigenvalue weighted by Crippen LogP contribution is -2.21. The molecule has 1 N–H and O–H groups in total. The van der Waals surface area contributed by atoms with Crippen LogP contribution in [0.5, 0.6) is 0 Å². The van der Waals surface area contributed by atoms with E-state index in [2.05, 4.69) is 36.5 Å². The fourth-order valence-corrected chi connectivity index (χ4v) is 2.34. The van der Waals surface area contributed by atoms with Gasteiger partial charge >= 0.3 is 0 Å². The standard InChI is InChI=1S/C14H22N2OS/c1-11(15-2)12-5-7-13(8-6-12)18-10-9-14(17)16(3)4/h5-8,11,15H,9-10H2,1-4H3. The van der Waals surface area contributed by atoms with Crippen LogP contribution in [0.4, 0.5) is 0 Å². The third kappa shape index (κ3) is 4.70. The monoisotopic (exact) mass is 266 g/mol. The maximum Gasteiger partial charge on any atom is 0.222 e. The minimum absolute atomic E-state index is 0.183. The fourth-order valence-electron chi connectivity index (χ4n) is 1.50. The molecule has 0 aliphatic carbocycles. The number of carbonyl (C=O) groups excluding carboxylic acids is 1. The van der Waals surface area contributed by atoms with Gasteiger partial charge in [-0.3, -0.25) is 4.79 Å². The Labute approximate surface area is 114 Å². The van der Waals surface area contributed by atoms with Gasteiger partial charge < -0.3 is 10.2 Å². The van der Waals surface area contributed by atoms with Gasteiger partial charge in [-0.15, -0.1) is 11.8 Å². The number of thioether (sulfide) groups is 1. The van der Waals surface area contributed by atoms with Crippen molar-refractivity contribution in [1.29, 1.82) is 0 Å². The van der Waals surface area contributed by atoms with Crippen LogP contribution in [0.1, 0.15) is 24.9 Å². The van der Waals surface area contributed by atoms with E-state index in [0.29, 0.717) is 12.5 Å². The third-order valence-electron chi connectivity index (χ3n) is 2.90. The summed E-state index contributed by atoms with van der Waals surface area (Å²) in [4.78, 5) is 14.3. The maximum atomic E-state index is 11.4. The molecule has 0 heterocycles. The van der Waals surface area contributed by atoms with E-state index in [9.17, 15) is 4.79 Å². The van der Waals surface area contributed by atoms with Crippen LogP contribution in [0, 0.1) is 0 Å². The highest BCUT2D eigenvalue weighted by atomic mass is 32.2. The average Bonchev–Trinajstić information content (AvgIpc) is 2.38. The van der Waals surface area contributed by atoms with Gasteiger partial charge in [-0.2, -0.15) is 0 Å². The first-order valence-corrected chi connectivity index (χ1v) is 7.13. The molecule has 0 aromatic heterocycles. The predicted octanol–water partition coefficient (Wildman–Crippen LogP) is 2.54. The number of hydrogen-bond donors (Lipinski definition) is 1. The van der Waals surface area contributed by atoms with E-state index in [1.807, 2.05) is 7.05 Å². The zero-order valence-electron chi connectivity index (χ0n) is 11.6. The van der Waals surface area contributed by atoms with Crippen LogP contribution in [0.25, 0.3) is 0 Å². The lowest BCUT2D eigenvalue weighted by atomic mass is 10.1. The molecule has 0 fully saturated rings. The Morgan fingerprint density at radius 3 is 2.44 bits per heavy atom. The quantitative estimate of drug-likeness (QED) is 0.803. The first kappa shape index (κ1) is 15.1. The Morgan fingerprint density at radius 1 is 1.33 bits per heavy atom. The first-order valence-electron chi connectivity index (χ1n) is 6.14. The van der Waals surface area contributed by atoms with Gasteiger partial charge in [0.1, 0.15) is 0 Å². The molecule has 0 spiro atoms. The molecule has 0 saturated carbocycles. The number of amides is 1. The summed E-state index contributed by atoms with van der Waals surface area (Å²) in [6, 6.07) is 8.88. The van der Waals surface area contributed by atoms with E-state index in [4.69, 9.17) is 0 Å². The molecule has 4 heteroatoms. The normalized spacial score (nSPS) is 12.2. The van der Waals surface area contributed by atoms with Gasteiger partial charge in [0.2, 0.25) is 5.91 Å². The second-order valence-corrected chi connectivity index (χ2v) is 5.63. The smallest absolute Gasteiger partial charge is 0.222 e. The maximum absolute atomic E-state index is 11.4. The number of hydrogen-bond acceptors (Lipinski definition) is 3. The molecule has 0 bridgehead atoms. The molecule has 1 aromatic carbocycles. The molecule has 1 rings (SSSR count). The molecule has 18 heavy (non-hydrogen) atoms. The van der Waals surface area contributed by atoms with Gasteiger partial charge in [-0.25, -0.2) is 0 Å². The number of benzene rings is 1. The van der Waals surface area contributed by atoms with E-state index < -0.39 is 0 Å². The highest BCUT2D eigenvalue weighted by Gasteiger charge is 2.05. The summed E-state index contributed by atoms with van der Waals surface area (Å²) < 4.78 is 0. The van der Waals surface area contributed by atoms with Gasteiger partial charge in [0.25, 0.3) is 0 Å². The molecule has 1 atom stereocenters. The number of carbonyl (C=O) groups is 1. The summed E-state index contributed by atoms with van der Waals surface area (Å²) >= 11 is 1.73. The van der Waals surface area contributed by atoms with Crippen molar-refractivity contribution in [3.8, 4) is 0 Å². The highest BCUT2D eigenvalue weighted by Crippen LogP contribution is 2.21. The van der Waals surface area contributed by atoms with Crippen LogP contribution >= 0.6 is 11.8 Å². The van der Waals surface area contributed by atoms with E-state index in [1.54, 1.807) is 30.8 Å². The average molecular weight is 266 g/mol. The summed E-state index contributed by atoms with van der Waals surface area (Å²) in [5.74, 6) is 1.01. The van der Waals surface area contributed by atoms with Gasteiger partial charge in [-0.05, 0) is 31.7 Å². The van der Waals surface area contributed by atoms with E-state index in [1.165, 1.54) is 10.5 Å². The van der Waals surface area contributed by atoms with Crippen molar-refractivity contribution in [3.05, 3.63) is 29.8 Å². The molecule has 0 aliphatic rings. The van der Waals surface area contributed by atoms with Crippen molar-refractivity contribution in [1.82, 2.24) is 10.2 Å². The summed E-state index contributed by atoms with van der Waals surface area (Å²) in [6.07, 6.45) is 0.590. The van der Waals surface area contributed by atoms with Crippen molar-refractivity contribution in [2.45, 2.75) is 24.3 Å². The summed E-state index contributed by atoms with van der Waals surface area (Å²) in [6.45, 7) is 2.14.